The second-order valence-corrected chi connectivity index (χ2v) is 5.62. The van der Waals surface area contributed by atoms with Crippen LogP contribution in [0, 0.1) is 0 Å². The van der Waals surface area contributed by atoms with Gasteiger partial charge in [0.15, 0.2) is 0 Å². The molecule has 4 heteroatoms. The van der Waals surface area contributed by atoms with E-state index in [0.717, 1.165) is 12.8 Å². The third-order valence-electron chi connectivity index (χ3n) is 3.18. The Morgan fingerprint density at radius 3 is 2.57 bits per heavy atom. The molecule has 0 aromatic heterocycles. The van der Waals surface area contributed by atoms with Gasteiger partial charge in [-0.1, -0.05) is 17.2 Å². The van der Waals surface area contributed by atoms with Crippen LogP contribution in [-0.4, -0.2) is 24.3 Å². The molecule has 0 radical (unpaired) electrons. The second-order valence-electron chi connectivity index (χ2n) is 5.62. The number of allylic oxidation sites excluding steroid dienone is 3. The summed E-state index contributed by atoms with van der Waals surface area (Å²) in [5, 5.41) is 9.68. The Kier molecular flexibility index (Phi) is 7.95. The smallest absolute Gasteiger partial charge is 0.338 e. The van der Waals surface area contributed by atoms with Crippen molar-refractivity contribution in [1.29, 1.82) is 0 Å². The molecule has 1 N–H and O–H groups in total. The van der Waals surface area contributed by atoms with Crippen LogP contribution in [0.1, 0.15) is 50.9 Å². The maximum Gasteiger partial charge on any atom is 0.338 e. The van der Waals surface area contributed by atoms with Crippen LogP contribution in [0.25, 0.3) is 0 Å². The molecule has 4 nitrogen and oxygen atoms in total. The number of benzene rings is 1. The maximum atomic E-state index is 11.7. The van der Waals surface area contributed by atoms with Crippen LogP contribution >= 0.6 is 0 Å². The Hall–Kier alpha value is -2.23. The van der Waals surface area contributed by atoms with E-state index in [9.17, 15) is 9.90 Å². The van der Waals surface area contributed by atoms with Crippen molar-refractivity contribution in [3.05, 3.63) is 47.1 Å². The van der Waals surface area contributed by atoms with Crippen LogP contribution in [0.3, 0.4) is 0 Å². The van der Waals surface area contributed by atoms with E-state index < -0.39 is 5.97 Å². The van der Waals surface area contributed by atoms with Crippen molar-refractivity contribution < 1.29 is 19.4 Å². The fraction of sp³-hybridized carbons (Fsp3) is 0.421. The van der Waals surface area contributed by atoms with E-state index in [4.69, 9.17) is 9.47 Å². The minimum Gasteiger partial charge on any atom is -0.508 e. The molecule has 0 aliphatic rings. The van der Waals surface area contributed by atoms with E-state index in [1.807, 2.05) is 6.08 Å². The lowest BCUT2D eigenvalue weighted by atomic mass is 10.1. The van der Waals surface area contributed by atoms with Crippen LogP contribution in [-0.2, 0) is 4.74 Å². The van der Waals surface area contributed by atoms with Gasteiger partial charge in [-0.25, -0.2) is 4.79 Å². The van der Waals surface area contributed by atoms with E-state index in [1.54, 1.807) is 13.0 Å². The van der Waals surface area contributed by atoms with Gasteiger partial charge in [-0.15, -0.1) is 0 Å². The van der Waals surface area contributed by atoms with Crippen LogP contribution in [0.15, 0.2) is 41.5 Å². The minimum absolute atomic E-state index is 0.0187. The Labute approximate surface area is 138 Å². The SMILES string of the molecule is CCOC(=O)c1cc(O)cc(OC/C=C(\C)CCC=C(C)C)c1. The van der Waals surface area contributed by atoms with Crippen molar-refractivity contribution in [3.8, 4) is 11.5 Å². The van der Waals surface area contributed by atoms with Crippen molar-refractivity contribution in [3.63, 3.8) is 0 Å². The average Bonchev–Trinajstić information content (AvgIpc) is 2.46. The molecule has 0 aliphatic carbocycles. The molecule has 0 aliphatic heterocycles. The fourth-order valence-electron chi connectivity index (χ4n) is 1.97. The van der Waals surface area contributed by atoms with E-state index in [2.05, 4.69) is 26.8 Å². The molecule has 0 unspecified atom stereocenters. The second kappa shape index (κ2) is 9.72. The molecule has 0 heterocycles. The van der Waals surface area contributed by atoms with Gasteiger partial charge in [-0.3, -0.25) is 0 Å². The zero-order valence-electron chi connectivity index (χ0n) is 14.4. The first-order chi connectivity index (χ1) is 10.9. The summed E-state index contributed by atoms with van der Waals surface area (Å²) in [5.74, 6) is -0.0436. The Balaban J connectivity index is 2.60. The summed E-state index contributed by atoms with van der Waals surface area (Å²) < 4.78 is 10.5. The van der Waals surface area contributed by atoms with Crippen LogP contribution < -0.4 is 4.74 Å². The molecule has 23 heavy (non-hydrogen) atoms. The molecule has 0 atom stereocenters. The highest BCUT2D eigenvalue weighted by Crippen LogP contribution is 2.22. The molecule has 0 bridgehead atoms. The summed E-state index contributed by atoms with van der Waals surface area (Å²) in [7, 11) is 0. The molecule has 0 amide bonds. The van der Waals surface area contributed by atoms with Crippen molar-refractivity contribution >= 4 is 5.97 Å². The van der Waals surface area contributed by atoms with Gasteiger partial charge in [0.1, 0.15) is 18.1 Å². The zero-order valence-corrected chi connectivity index (χ0v) is 14.4. The Morgan fingerprint density at radius 1 is 1.17 bits per heavy atom. The van der Waals surface area contributed by atoms with Crippen LogP contribution in [0.4, 0.5) is 0 Å². The van der Waals surface area contributed by atoms with Gasteiger partial charge in [0, 0.05) is 6.07 Å². The largest absolute Gasteiger partial charge is 0.508 e. The maximum absolute atomic E-state index is 11.7. The van der Waals surface area contributed by atoms with Gasteiger partial charge in [-0.2, -0.15) is 0 Å². The zero-order chi connectivity index (χ0) is 17.2. The Bertz CT molecular complexity index is 581. The molecule has 1 rings (SSSR count). The quantitative estimate of drug-likeness (QED) is 0.560. The summed E-state index contributed by atoms with van der Waals surface area (Å²) in [6.07, 6.45) is 6.22. The molecule has 1 aromatic rings. The van der Waals surface area contributed by atoms with Crippen molar-refractivity contribution in [1.82, 2.24) is 0 Å². The van der Waals surface area contributed by atoms with Crippen LogP contribution in [0.2, 0.25) is 0 Å². The van der Waals surface area contributed by atoms with E-state index in [-0.39, 0.29) is 17.9 Å². The number of esters is 1. The van der Waals surface area contributed by atoms with Gasteiger partial charge in [-0.05, 0) is 58.7 Å². The van der Waals surface area contributed by atoms with E-state index in [1.165, 1.54) is 23.3 Å². The number of ether oxygens (including phenoxy) is 2. The number of hydrogen-bond donors (Lipinski definition) is 1. The highest BCUT2D eigenvalue weighted by Gasteiger charge is 2.10. The average molecular weight is 318 g/mol. The molecule has 126 valence electrons. The topological polar surface area (TPSA) is 55.8 Å². The molecular weight excluding hydrogens is 292 g/mol. The van der Waals surface area contributed by atoms with Gasteiger partial charge in [0.05, 0.1) is 12.2 Å². The summed E-state index contributed by atoms with van der Waals surface area (Å²) in [6, 6.07) is 4.42. The first-order valence-electron chi connectivity index (χ1n) is 7.85. The van der Waals surface area contributed by atoms with Gasteiger partial charge in [0.2, 0.25) is 0 Å². The minimum atomic E-state index is -0.471. The Morgan fingerprint density at radius 2 is 1.91 bits per heavy atom. The lowest BCUT2D eigenvalue weighted by Crippen LogP contribution is -2.05. The lowest BCUT2D eigenvalue weighted by molar-refractivity contribution is 0.0525. The first kappa shape index (κ1) is 18.8. The van der Waals surface area contributed by atoms with Gasteiger partial charge in [0.25, 0.3) is 0 Å². The first-order valence-corrected chi connectivity index (χ1v) is 7.85. The summed E-state index contributed by atoms with van der Waals surface area (Å²) in [5.41, 5.74) is 2.85. The number of aromatic hydroxyl groups is 1. The third-order valence-corrected chi connectivity index (χ3v) is 3.18. The molecule has 0 spiro atoms. The molecular formula is C19H26O4. The standard InChI is InChI=1S/C19H26O4/c1-5-22-19(21)16-11-17(20)13-18(12-16)23-10-9-15(4)8-6-7-14(2)3/h7,9,11-13,20H,5-6,8,10H2,1-4H3/b15-9+. The number of hydrogen-bond acceptors (Lipinski definition) is 4. The van der Waals surface area contributed by atoms with Gasteiger partial charge >= 0.3 is 5.97 Å². The highest BCUT2D eigenvalue weighted by molar-refractivity contribution is 5.90. The molecule has 0 fully saturated rings. The number of phenols is 1. The van der Waals surface area contributed by atoms with Crippen LogP contribution in [0.5, 0.6) is 11.5 Å². The molecule has 1 aromatic carbocycles. The predicted octanol–water partition coefficient (Wildman–Crippen LogP) is 4.64. The van der Waals surface area contributed by atoms with Crippen molar-refractivity contribution in [2.24, 2.45) is 0 Å². The molecule has 0 saturated carbocycles. The highest BCUT2D eigenvalue weighted by atomic mass is 16.5. The fourth-order valence-corrected chi connectivity index (χ4v) is 1.97. The summed E-state index contributed by atoms with van der Waals surface area (Å²) in [4.78, 5) is 11.7. The number of phenolic OH excluding ortho intramolecular Hbond substituents is 1. The number of carbonyl (C=O) groups excluding carboxylic acids is 1. The lowest BCUT2D eigenvalue weighted by Gasteiger charge is -2.08. The monoisotopic (exact) mass is 318 g/mol. The normalized spacial score (nSPS) is 11.0. The third kappa shape index (κ3) is 7.54. The van der Waals surface area contributed by atoms with Gasteiger partial charge < -0.3 is 14.6 Å². The summed E-state index contributed by atoms with van der Waals surface area (Å²) >= 11 is 0. The molecule has 0 saturated heterocycles. The van der Waals surface area contributed by atoms with E-state index in [0.29, 0.717) is 12.4 Å². The number of rotatable bonds is 8. The summed E-state index contributed by atoms with van der Waals surface area (Å²) in [6.45, 7) is 8.66. The number of carbonyl (C=O) groups is 1. The van der Waals surface area contributed by atoms with Crippen molar-refractivity contribution in [2.45, 2.75) is 40.5 Å². The predicted molar refractivity (Wildman–Crippen MR) is 92.0 cm³/mol. The van der Waals surface area contributed by atoms with E-state index >= 15 is 0 Å². The van der Waals surface area contributed by atoms with Crippen molar-refractivity contribution in [2.75, 3.05) is 13.2 Å².